The second kappa shape index (κ2) is 10.8. The first kappa shape index (κ1) is 20.1. The van der Waals surface area contributed by atoms with Gasteiger partial charge in [0.2, 0.25) is 0 Å². The van der Waals surface area contributed by atoms with Crippen molar-refractivity contribution in [2.24, 2.45) is 11.8 Å². The third-order valence-electron chi connectivity index (χ3n) is 3.81. The van der Waals surface area contributed by atoms with Gasteiger partial charge in [0, 0.05) is 11.8 Å². The predicted octanol–water partition coefficient (Wildman–Crippen LogP) is 4.08. The molecule has 0 radical (unpaired) electrons. The van der Waals surface area contributed by atoms with Gasteiger partial charge in [-0.25, -0.2) is 4.79 Å². The molecule has 4 heteroatoms. The molecule has 0 saturated carbocycles. The molecular formula is C20H28O4. The Morgan fingerprint density at radius 3 is 2.50 bits per heavy atom. The minimum Gasteiger partial charge on any atom is -0.479 e. The molecule has 24 heavy (non-hydrogen) atoms. The van der Waals surface area contributed by atoms with Crippen LogP contribution in [-0.4, -0.2) is 29.9 Å². The topological polar surface area (TPSA) is 55.8 Å². The number of hydrogen-bond donors (Lipinski definition) is 1. The lowest BCUT2D eigenvalue weighted by molar-refractivity contribution is -0.157. The van der Waals surface area contributed by atoms with Crippen molar-refractivity contribution in [1.82, 2.24) is 0 Å². The van der Waals surface area contributed by atoms with E-state index in [2.05, 4.69) is 6.58 Å². The van der Waals surface area contributed by atoms with E-state index in [1.165, 1.54) is 0 Å². The molecule has 0 aliphatic heterocycles. The molecule has 1 rings (SSSR count). The molecule has 0 amide bonds. The molecule has 0 heterocycles. The fourth-order valence-electron chi connectivity index (χ4n) is 2.43. The van der Waals surface area contributed by atoms with Crippen molar-refractivity contribution in [3.8, 4) is 0 Å². The van der Waals surface area contributed by atoms with Crippen molar-refractivity contribution < 1.29 is 19.4 Å². The van der Waals surface area contributed by atoms with E-state index in [1.807, 2.05) is 63.3 Å². The molecule has 0 bridgehead atoms. The van der Waals surface area contributed by atoms with Crippen molar-refractivity contribution in [3.05, 3.63) is 60.7 Å². The molecule has 1 aromatic carbocycles. The van der Waals surface area contributed by atoms with Gasteiger partial charge in [0.05, 0.1) is 19.3 Å². The molecule has 0 unspecified atom stereocenters. The van der Waals surface area contributed by atoms with Gasteiger partial charge in [-0.2, -0.15) is 0 Å². The summed E-state index contributed by atoms with van der Waals surface area (Å²) in [7, 11) is 0. The van der Waals surface area contributed by atoms with Crippen molar-refractivity contribution in [1.29, 1.82) is 0 Å². The summed E-state index contributed by atoms with van der Waals surface area (Å²) in [6.07, 6.45) is 4.03. The molecule has 0 spiro atoms. The third kappa shape index (κ3) is 6.69. The fraction of sp³-hybridized carbons (Fsp3) is 0.450. The Morgan fingerprint density at radius 2 is 1.96 bits per heavy atom. The number of carboxylic acid groups (broad SMARTS) is 1. The normalized spacial score (nSPS) is 16.5. The van der Waals surface area contributed by atoms with Crippen molar-refractivity contribution in [2.45, 2.75) is 39.6 Å². The van der Waals surface area contributed by atoms with Gasteiger partial charge in [0.15, 0.2) is 6.10 Å². The second-order valence-electron chi connectivity index (χ2n) is 5.96. The van der Waals surface area contributed by atoms with Gasteiger partial charge in [-0.05, 0) is 12.5 Å². The maximum atomic E-state index is 11.5. The molecule has 4 nitrogen and oxygen atoms in total. The maximum absolute atomic E-state index is 11.5. The van der Waals surface area contributed by atoms with Crippen LogP contribution in [0.1, 0.15) is 26.3 Å². The summed E-state index contributed by atoms with van der Waals surface area (Å²) in [5.41, 5.74) is 1.10. The van der Waals surface area contributed by atoms with Crippen LogP contribution in [0.5, 0.6) is 0 Å². The molecule has 1 N–H and O–H groups in total. The first-order chi connectivity index (χ1) is 11.5. The van der Waals surface area contributed by atoms with Crippen molar-refractivity contribution >= 4 is 5.97 Å². The highest BCUT2D eigenvalue weighted by Gasteiger charge is 2.28. The van der Waals surface area contributed by atoms with E-state index in [-0.39, 0.29) is 17.9 Å². The van der Waals surface area contributed by atoms with Crippen LogP contribution in [-0.2, 0) is 20.9 Å². The van der Waals surface area contributed by atoms with E-state index >= 15 is 0 Å². The zero-order chi connectivity index (χ0) is 17.9. The Hall–Kier alpha value is -1.91. The van der Waals surface area contributed by atoms with E-state index in [9.17, 15) is 9.90 Å². The molecular weight excluding hydrogens is 304 g/mol. The highest BCUT2D eigenvalue weighted by molar-refractivity contribution is 5.73. The number of aliphatic carboxylic acids is 1. The van der Waals surface area contributed by atoms with Gasteiger partial charge in [-0.3, -0.25) is 0 Å². The Bertz CT molecular complexity index is 524. The van der Waals surface area contributed by atoms with Gasteiger partial charge >= 0.3 is 5.97 Å². The molecule has 4 atom stereocenters. The Labute approximate surface area is 144 Å². The van der Waals surface area contributed by atoms with Gasteiger partial charge in [0.1, 0.15) is 0 Å². The summed E-state index contributed by atoms with van der Waals surface area (Å²) in [5, 5.41) is 9.40. The molecule has 0 fully saturated rings. The monoisotopic (exact) mass is 332 g/mol. The molecule has 132 valence electrons. The Morgan fingerprint density at radius 1 is 1.29 bits per heavy atom. The molecule has 0 aromatic heterocycles. The molecule has 1 aromatic rings. The minimum atomic E-state index is -0.968. The SMILES string of the molecule is C=C[C@@H](O[C@H](C(=O)O)[C@@H](C)/C=C/C)[C@H](C)COCc1ccccc1. The average Bonchev–Trinajstić information content (AvgIpc) is 2.56. The third-order valence-corrected chi connectivity index (χ3v) is 3.81. The first-order valence-electron chi connectivity index (χ1n) is 8.24. The number of carbonyl (C=O) groups is 1. The van der Waals surface area contributed by atoms with E-state index in [4.69, 9.17) is 9.47 Å². The van der Waals surface area contributed by atoms with Crippen LogP contribution < -0.4 is 0 Å². The summed E-state index contributed by atoms with van der Waals surface area (Å²) < 4.78 is 11.5. The standard InChI is InChI=1S/C20H28O4/c1-5-10-15(3)19(20(21)22)24-18(6-2)16(4)13-23-14-17-11-8-7-9-12-17/h5-12,15-16,18-19H,2,13-14H2,1,3-4H3,(H,21,22)/b10-5+/t15-,16+,18+,19-/m0/s1. The zero-order valence-corrected chi connectivity index (χ0v) is 14.7. The van der Waals surface area contributed by atoms with Crippen LogP contribution in [0.15, 0.2) is 55.1 Å². The van der Waals surface area contributed by atoms with Crippen molar-refractivity contribution in [2.75, 3.05) is 6.61 Å². The molecule has 0 aliphatic carbocycles. The summed E-state index contributed by atoms with van der Waals surface area (Å²) in [6.45, 7) is 10.4. The molecule has 0 saturated heterocycles. The lowest BCUT2D eigenvalue weighted by Crippen LogP contribution is -2.36. The van der Waals surface area contributed by atoms with Gasteiger partial charge in [-0.1, -0.05) is 62.4 Å². The number of hydrogen-bond acceptors (Lipinski definition) is 3. The number of rotatable bonds is 11. The maximum Gasteiger partial charge on any atom is 0.333 e. The van der Waals surface area contributed by atoms with E-state index < -0.39 is 12.1 Å². The van der Waals surface area contributed by atoms with Crippen LogP contribution >= 0.6 is 0 Å². The minimum absolute atomic E-state index is 0.00543. The molecule has 0 aliphatic rings. The summed E-state index contributed by atoms with van der Waals surface area (Å²) in [4.78, 5) is 11.5. The summed E-state index contributed by atoms with van der Waals surface area (Å²) in [6, 6.07) is 9.91. The fourth-order valence-corrected chi connectivity index (χ4v) is 2.43. The number of ether oxygens (including phenoxy) is 2. The van der Waals surface area contributed by atoms with Gasteiger partial charge in [-0.15, -0.1) is 6.58 Å². The van der Waals surface area contributed by atoms with E-state index in [0.717, 1.165) is 5.56 Å². The first-order valence-corrected chi connectivity index (χ1v) is 8.24. The smallest absolute Gasteiger partial charge is 0.333 e. The van der Waals surface area contributed by atoms with Gasteiger partial charge in [0.25, 0.3) is 0 Å². The van der Waals surface area contributed by atoms with Crippen LogP contribution in [0.4, 0.5) is 0 Å². The van der Waals surface area contributed by atoms with Crippen LogP contribution in [0, 0.1) is 11.8 Å². The van der Waals surface area contributed by atoms with Crippen molar-refractivity contribution in [3.63, 3.8) is 0 Å². The van der Waals surface area contributed by atoms with Crippen LogP contribution in [0.3, 0.4) is 0 Å². The van der Waals surface area contributed by atoms with Crippen LogP contribution in [0.2, 0.25) is 0 Å². The highest BCUT2D eigenvalue weighted by Crippen LogP contribution is 2.18. The predicted molar refractivity (Wildman–Crippen MR) is 95.7 cm³/mol. The lowest BCUT2D eigenvalue weighted by Gasteiger charge is -2.27. The van der Waals surface area contributed by atoms with E-state index in [0.29, 0.717) is 13.2 Å². The van der Waals surface area contributed by atoms with E-state index in [1.54, 1.807) is 6.08 Å². The van der Waals surface area contributed by atoms with Gasteiger partial charge < -0.3 is 14.6 Å². The second-order valence-corrected chi connectivity index (χ2v) is 5.96. The van der Waals surface area contributed by atoms with Crippen LogP contribution in [0.25, 0.3) is 0 Å². The largest absolute Gasteiger partial charge is 0.479 e. The zero-order valence-electron chi connectivity index (χ0n) is 14.7. The highest BCUT2D eigenvalue weighted by atomic mass is 16.5. The quantitative estimate of drug-likeness (QED) is 0.621. The average molecular weight is 332 g/mol. The number of allylic oxidation sites excluding steroid dienone is 1. The Kier molecular flexibility index (Phi) is 9.05. The number of benzene rings is 1. The summed E-state index contributed by atoms with van der Waals surface area (Å²) in [5.74, 6) is -1.18. The number of carboxylic acids is 1. The summed E-state index contributed by atoms with van der Waals surface area (Å²) >= 11 is 0. The lowest BCUT2D eigenvalue weighted by atomic mass is 10.0. The Balaban J connectivity index is 2.56.